The number of benzene rings is 3. The van der Waals surface area contributed by atoms with E-state index in [0.29, 0.717) is 27.3 Å². The van der Waals surface area contributed by atoms with E-state index in [0.717, 1.165) is 48.5 Å². The molecule has 3 aromatic carbocycles. The van der Waals surface area contributed by atoms with Gasteiger partial charge in [-0.15, -0.1) is 0 Å². The standard InChI is InChI=1S/C32H33Cl2N3O2/c1-22-5-10-30(15-22)37-13-11-32(12-14-37,39-21-31(38)36-29-18-27(33)17-28(34)19-29)26-8-6-24(7-9-26)25-4-2-3-23(16-25)20-35/h2-4,6-9,16-19,22,30H,5,10-15,21H2,1H3,(H,36,38). The second-order valence-corrected chi connectivity index (χ2v) is 11.7. The number of likely N-dealkylation sites (tertiary alicyclic amines) is 1. The molecule has 39 heavy (non-hydrogen) atoms. The highest BCUT2D eigenvalue weighted by Crippen LogP contribution is 2.40. The maximum Gasteiger partial charge on any atom is 0.250 e. The van der Waals surface area contributed by atoms with Gasteiger partial charge in [-0.05, 0) is 85.0 Å². The average molecular weight is 563 g/mol. The molecule has 0 radical (unpaired) electrons. The second kappa shape index (κ2) is 12.1. The van der Waals surface area contributed by atoms with Crippen molar-refractivity contribution in [1.82, 2.24) is 4.90 Å². The van der Waals surface area contributed by atoms with Crippen LogP contribution in [0.3, 0.4) is 0 Å². The Labute approximate surface area is 240 Å². The zero-order chi connectivity index (χ0) is 27.4. The maximum atomic E-state index is 12.9. The minimum absolute atomic E-state index is 0.0729. The number of halogens is 2. The van der Waals surface area contributed by atoms with Crippen LogP contribution in [0, 0.1) is 17.2 Å². The predicted molar refractivity (Wildman–Crippen MR) is 157 cm³/mol. The third-order valence-corrected chi connectivity index (χ3v) is 8.59. The molecule has 7 heteroatoms. The molecule has 5 nitrogen and oxygen atoms in total. The summed E-state index contributed by atoms with van der Waals surface area (Å²) >= 11 is 12.2. The van der Waals surface area contributed by atoms with Gasteiger partial charge in [-0.2, -0.15) is 5.26 Å². The van der Waals surface area contributed by atoms with Gasteiger partial charge in [0.05, 0.1) is 17.2 Å². The van der Waals surface area contributed by atoms with Crippen LogP contribution in [0.4, 0.5) is 5.69 Å². The first-order chi connectivity index (χ1) is 18.8. The molecule has 2 atom stereocenters. The third kappa shape index (κ3) is 6.65. The van der Waals surface area contributed by atoms with Gasteiger partial charge in [0.1, 0.15) is 6.61 Å². The normalized spacial score (nSPS) is 20.9. The summed E-state index contributed by atoms with van der Waals surface area (Å²) < 4.78 is 6.52. The molecule has 2 fully saturated rings. The lowest BCUT2D eigenvalue weighted by Gasteiger charge is -2.44. The largest absolute Gasteiger partial charge is 0.360 e. The van der Waals surface area contributed by atoms with Gasteiger partial charge in [-0.1, -0.05) is 66.5 Å². The van der Waals surface area contributed by atoms with Crippen LogP contribution in [0.5, 0.6) is 0 Å². The van der Waals surface area contributed by atoms with Crippen molar-refractivity contribution in [3.63, 3.8) is 0 Å². The first-order valence-corrected chi connectivity index (χ1v) is 14.3. The molecule has 1 saturated heterocycles. The topological polar surface area (TPSA) is 65.4 Å². The molecule has 2 aliphatic rings. The minimum Gasteiger partial charge on any atom is -0.360 e. The Morgan fingerprint density at radius 2 is 1.74 bits per heavy atom. The zero-order valence-electron chi connectivity index (χ0n) is 22.1. The van der Waals surface area contributed by atoms with Gasteiger partial charge < -0.3 is 15.0 Å². The fourth-order valence-electron chi connectivity index (χ4n) is 6.04. The maximum absolute atomic E-state index is 12.9. The van der Waals surface area contributed by atoms with Gasteiger partial charge in [0, 0.05) is 34.9 Å². The number of piperidine rings is 1. The Morgan fingerprint density at radius 1 is 1.03 bits per heavy atom. The van der Waals surface area contributed by atoms with Crippen molar-refractivity contribution in [2.45, 2.75) is 50.7 Å². The van der Waals surface area contributed by atoms with Crippen LogP contribution in [0.2, 0.25) is 10.0 Å². The number of ether oxygens (including phenoxy) is 1. The lowest BCUT2D eigenvalue weighted by molar-refractivity contribution is -0.135. The number of hydrogen-bond donors (Lipinski definition) is 1. The highest BCUT2D eigenvalue weighted by molar-refractivity contribution is 6.35. The van der Waals surface area contributed by atoms with Gasteiger partial charge in [0.2, 0.25) is 5.91 Å². The molecule has 1 saturated carbocycles. The van der Waals surface area contributed by atoms with Crippen molar-refractivity contribution in [2.24, 2.45) is 5.92 Å². The Kier molecular flexibility index (Phi) is 8.59. The zero-order valence-corrected chi connectivity index (χ0v) is 23.6. The lowest BCUT2D eigenvalue weighted by atomic mass is 9.82. The SMILES string of the molecule is CC1CCC(N2CCC(OCC(=O)Nc3cc(Cl)cc(Cl)c3)(c3ccc(-c4cccc(C#N)c4)cc3)CC2)C1. The Hall–Kier alpha value is -2.88. The molecular formula is C32H33Cl2N3O2. The number of rotatable bonds is 7. The van der Waals surface area contributed by atoms with Crippen molar-refractivity contribution in [2.75, 3.05) is 25.0 Å². The number of nitrogens with one attached hydrogen (secondary N) is 1. The van der Waals surface area contributed by atoms with Gasteiger partial charge in [-0.25, -0.2) is 0 Å². The molecule has 2 unspecified atom stereocenters. The van der Waals surface area contributed by atoms with E-state index in [1.807, 2.05) is 24.3 Å². The van der Waals surface area contributed by atoms with E-state index in [9.17, 15) is 10.1 Å². The van der Waals surface area contributed by atoms with Crippen LogP contribution >= 0.6 is 23.2 Å². The molecule has 1 amide bonds. The summed E-state index contributed by atoms with van der Waals surface area (Å²) in [5.74, 6) is 0.540. The summed E-state index contributed by atoms with van der Waals surface area (Å²) in [6.45, 7) is 4.15. The average Bonchev–Trinajstić information content (AvgIpc) is 3.38. The van der Waals surface area contributed by atoms with E-state index in [2.05, 4.69) is 47.5 Å². The van der Waals surface area contributed by atoms with Crippen molar-refractivity contribution in [3.8, 4) is 17.2 Å². The van der Waals surface area contributed by atoms with Gasteiger partial charge >= 0.3 is 0 Å². The molecule has 1 aliphatic carbocycles. The van der Waals surface area contributed by atoms with E-state index in [1.54, 1.807) is 18.2 Å². The van der Waals surface area contributed by atoms with Gasteiger partial charge in [0.15, 0.2) is 0 Å². The van der Waals surface area contributed by atoms with Gasteiger partial charge in [-0.3, -0.25) is 4.79 Å². The van der Waals surface area contributed by atoms with Crippen molar-refractivity contribution in [3.05, 3.63) is 87.9 Å². The van der Waals surface area contributed by atoms with Gasteiger partial charge in [0.25, 0.3) is 0 Å². The Morgan fingerprint density at radius 3 is 2.38 bits per heavy atom. The van der Waals surface area contributed by atoms with Crippen molar-refractivity contribution in [1.29, 1.82) is 5.26 Å². The number of nitriles is 1. The van der Waals surface area contributed by atoms with Crippen LogP contribution in [0.1, 0.15) is 50.2 Å². The summed E-state index contributed by atoms with van der Waals surface area (Å²) in [6.07, 6.45) is 5.45. The summed E-state index contributed by atoms with van der Waals surface area (Å²) in [5, 5.41) is 13.1. The van der Waals surface area contributed by atoms with E-state index >= 15 is 0 Å². The van der Waals surface area contributed by atoms with Crippen molar-refractivity contribution < 1.29 is 9.53 Å². The highest BCUT2D eigenvalue weighted by atomic mass is 35.5. The number of anilines is 1. The smallest absolute Gasteiger partial charge is 0.250 e. The third-order valence-electron chi connectivity index (χ3n) is 8.15. The summed E-state index contributed by atoms with van der Waals surface area (Å²) in [5.41, 5.74) is 3.73. The van der Waals surface area contributed by atoms with Crippen LogP contribution in [0.15, 0.2) is 66.7 Å². The van der Waals surface area contributed by atoms with E-state index in [1.165, 1.54) is 19.3 Å². The highest BCUT2D eigenvalue weighted by Gasteiger charge is 2.40. The van der Waals surface area contributed by atoms with Crippen molar-refractivity contribution >= 4 is 34.8 Å². The number of carbonyl (C=O) groups excluding carboxylic acids is 1. The number of carbonyl (C=O) groups is 1. The van der Waals surface area contributed by atoms with E-state index < -0.39 is 5.60 Å². The van der Waals surface area contributed by atoms with E-state index in [-0.39, 0.29) is 12.5 Å². The monoisotopic (exact) mass is 561 g/mol. The number of hydrogen-bond acceptors (Lipinski definition) is 4. The molecule has 1 N–H and O–H groups in total. The minimum atomic E-state index is -0.558. The molecule has 0 spiro atoms. The fourth-order valence-corrected chi connectivity index (χ4v) is 6.56. The summed E-state index contributed by atoms with van der Waals surface area (Å²) in [4.78, 5) is 15.5. The second-order valence-electron chi connectivity index (χ2n) is 10.9. The van der Waals surface area contributed by atoms with Crippen LogP contribution in [0.25, 0.3) is 11.1 Å². The molecule has 5 rings (SSSR count). The number of nitrogens with zero attached hydrogens (tertiary/aromatic N) is 2. The fraction of sp³-hybridized carbons (Fsp3) is 0.375. The quantitative estimate of drug-likeness (QED) is 0.321. The molecule has 202 valence electrons. The van der Waals surface area contributed by atoms with Crippen LogP contribution < -0.4 is 5.32 Å². The number of amides is 1. The first kappa shape index (κ1) is 27.7. The van der Waals surface area contributed by atoms with E-state index in [4.69, 9.17) is 27.9 Å². The summed E-state index contributed by atoms with van der Waals surface area (Å²) in [6, 6.07) is 23.8. The molecule has 0 aromatic heterocycles. The molecular weight excluding hydrogens is 529 g/mol. The van der Waals surface area contributed by atoms with Crippen LogP contribution in [-0.4, -0.2) is 36.5 Å². The Balaban J connectivity index is 1.34. The molecule has 3 aromatic rings. The predicted octanol–water partition coefficient (Wildman–Crippen LogP) is 7.67. The molecule has 1 heterocycles. The van der Waals surface area contributed by atoms with Crippen LogP contribution in [-0.2, 0) is 15.1 Å². The lowest BCUT2D eigenvalue weighted by Crippen LogP contribution is -2.48. The summed E-state index contributed by atoms with van der Waals surface area (Å²) in [7, 11) is 0. The Bertz CT molecular complexity index is 1340. The molecule has 1 aliphatic heterocycles. The first-order valence-electron chi connectivity index (χ1n) is 13.6. The molecule has 0 bridgehead atoms.